The fraction of sp³-hybridized carbons (Fsp3) is 0.524. The number of aliphatic carboxylic acids is 1. The highest BCUT2D eigenvalue weighted by molar-refractivity contribution is 5.87. The summed E-state index contributed by atoms with van der Waals surface area (Å²) in [5.41, 5.74) is 0.194. The molecule has 0 spiro atoms. The molecule has 0 bridgehead atoms. The van der Waals surface area contributed by atoms with Crippen molar-refractivity contribution in [2.75, 3.05) is 13.2 Å². The minimum Gasteiger partial charge on any atom is -0.481 e. The molecule has 1 aromatic carbocycles. The Morgan fingerprint density at radius 1 is 1.19 bits per heavy atom. The molecule has 0 aliphatic heterocycles. The van der Waals surface area contributed by atoms with Gasteiger partial charge in [0, 0.05) is 12.7 Å². The molecular formula is C21H30O5. The molecule has 26 heavy (non-hydrogen) atoms. The van der Waals surface area contributed by atoms with Gasteiger partial charge in [-0.25, -0.2) is 4.79 Å². The molecule has 0 saturated heterocycles. The first-order valence-corrected chi connectivity index (χ1v) is 8.94. The highest BCUT2D eigenvalue weighted by Crippen LogP contribution is 2.33. The Morgan fingerprint density at radius 2 is 1.88 bits per heavy atom. The van der Waals surface area contributed by atoms with Gasteiger partial charge in [-0.2, -0.15) is 0 Å². The molecule has 1 rings (SSSR count). The van der Waals surface area contributed by atoms with E-state index in [1.165, 1.54) is 6.08 Å². The molecule has 0 aromatic heterocycles. The second-order valence-electron chi connectivity index (χ2n) is 7.52. The lowest BCUT2D eigenvalue weighted by molar-refractivity contribution is -0.143. The zero-order chi connectivity index (χ0) is 19.8. The Kier molecular flexibility index (Phi) is 8.03. The van der Waals surface area contributed by atoms with Crippen LogP contribution in [0, 0.1) is 5.41 Å². The quantitative estimate of drug-likeness (QED) is 0.489. The van der Waals surface area contributed by atoms with Crippen LogP contribution in [0.5, 0.6) is 0 Å². The van der Waals surface area contributed by atoms with Gasteiger partial charge in [-0.15, -0.1) is 0 Å². The number of aliphatic hydroxyl groups is 1. The molecule has 0 aliphatic carbocycles. The first-order chi connectivity index (χ1) is 12.1. The Morgan fingerprint density at radius 3 is 2.46 bits per heavy atom. The van der Waals surface area contributed by atoms with Crippen molar-refractivity contribution in [2.24, 2.45) is 5.41 Å². The summed E-state index contributed by atoms with van der Waals surface area (Å²) in [7, 11) is 0. The third-order valence-corrected chi connectivity index (χ3v) is 4.65. The third kappa shape index (κ3) is 6.30. The van der Waals surface area contributed by atoms with Gasteiger partial charge in [0.2, 0.25) is 0 Å². The van der Waals surface area contributed by atoms with E-state index in [4.69, 9.17) is 4.74 Å². The molecule has 0 fully saturated rings. The number of carboxylic acid groups (broad SMARTS) is 1. The fourth-order valence-corrected chi connectivity index (χ4v) is 2.71. The Bertz CT molecular complexity index is 648. The zero-order valence-corrected chi connectivity index (χ0v) is 16.1. The van der Waals surface area contributed by atoms with Gasteiger partial charge >= 0.3 is 11.9 Å². The number of ether oxygens (including phenoxy) is 1. The molecule has 0 radical (unpaired) electrons. The van der Waals surface area contributed by atoms with E-state index in [0.29, 0.717) is 25.0 Å². The van der Waals surface area contributed by atoms with Crippen molar-refractivity contribution >= 4 is 18.0 Å². The molecule has 1 unspecified atom stereocenters. The van der Waals surface area contributed by atoms with Crippen molar-refractivity contribution in [1.29, 1.82) is 0 Å². The van der Waals surface area contributed by atoms with E-state index in [-0.39, 0.29) is 12.0 Å². The lowest BCUT2D eigenvalue weighted by Crippen LogP contribution is -2.33. The van der Waals surface area contributed by atoms with Gasteiger partial charge in [0.15, 0.2) is 0 Å². The summed E-state index contributed by atoms with van der Waals surface area (Å²) < 4.78 is 4.85. The van der Waals surface area contributed by atoms with Gasteiger partial charge in [0.05, 0.1) is 12.0 Å². The van der Waals surface area contributed by atoms with Crippen molar-refractivity contribution in [2.45, 2.75) is 52.4 Å². The lowest BCUT2D eigenvalue weighted by Gasteiger charge is -2.28. The molecule has 1 aromatic rings. The molecule has 144 valence electrons. The average Bonchev–Trinajstić information content (AvgIpc) is 2.60. The zero-order valence-electron chi connectivity index (χ0n) is 16.1. The number of aliphatic hydroxyl groups excluding tert-OH is 1. The summed E-state index contributed by atoms with van der Waals surface area (Å²) in [6.45, 7) is 7.77. The van der Waals surface area contributed by atoms with E-state index >= 15 is 0 Å². The van der Waals surface area contributed by atoms with Crippen LogP contribution >= 0.6 is 0 Å². The van der Waals surface area contributed by atoms with Crippen LogP contribution in [-0.4, -0.2) is 35.4 Å². The molecule has 0 aliphatic rings. The maximum Gasteiger partial charge on any atom is 0.330 e. The topological polar surface area (TPSA) is 83.8 Å². The monoisotopic (exact) mass is 362 g/mol. The van der Waals surface area contributed by atoms with Crippen LogP contribution in [0.4, 0.5) is 0 Å². The smallest absolute Gasteiger partial charge is 0.330 e. The van der Waals surface area contributed by atoms with Crippen molar-refractivity contribution in [1.82, 2.24) is 0 Å². The summed E-state index contributed by atoms with van der Waals surface area (Å²) in [5, 5.41) is 19.2. The molecular weight excluding hydrogens is 332 g/mol. The van der Waals surface area contributed by atoms with Crippen LogP contribution in [-0.2, 0) is 19.7 Å². The standard InChI is InChI=1S/C21H30O5/c1-5-26-18(23)11-10-16-8-6-9-17(14-16)21(4,19(24)25)13-7-12-20(2,3)15-22/h6,8-11,14,22H,5,7,12-13,15H2,1-4H3,(H,24,25)/b11-10+. The van der Waals surface area contributed by atoms with Crippen LogP contribution in [0.15, 0.2) is 30.3 Å². The number of hydrogen-bond acceptors (Lipinski definition) is 4. The van der Waals surface area contributed by atoms with Crippen LogP contribution in [0.2, 0.25) is 0 Å². The largest absolute Gasteiger partial charge is 0.481 e. The van der Waals surface area contributed by atoms with Crippen molar-refractivity contribution in [3.63, 3.8) is 0 Å². The van der Waals surface area contributed by atoms with E-state index in [9.17, 15) is 19.8 Å². The summed E-state index contributed by atoms with van der Waals surface area (Å²) in [6.07, 6.45) is 4.87. The van der Waals surface area contributed by atoms with Crippen LogP contribution in [0.3, 0.4) is 0 Å². The summed E-state index contributed by atoms with van der Waals surface area (Å²) in [4.78, 5) is 23.4. The van der Waals surface area contributed by atoms with Crippen LogP contribution in [0.1, 0.15) is 58.1 Å². The van der Waals surface area contributed by atoms with Gasteiger partial charge in [0.1, 0.15) is 0 Å². The van der Waals surface area contributed by atoms with Gasteiger partial charge in [-0.05, 0) is 49.3 Å². The van der Waals surface area contributed by atoms with Crippen LogP contribution in [0.25, 0.3) is 6.08 Å². The first-order valence-electron chi connectivity index (χ1n) is 8.94. The summed E-state index contributed by atoms with van der Waals surface area (Å²) in [5.74, 6) is -1.31. The predicted molar refractivity (Wildman–Crippen MR) is 102 cm³/mol. The van der Waals surface area contributed by atoms with Crippen molar-refractivity contribution in [3.8, 4) is 0 Å². The van der Waals surface area contributed by atoms with Gasteiger partial charge < -0.3 is 14.9 Å². The number of carbonyl (C=O) groups is 2. The predicted octanol–water partition coefficient (Wildman–Crippen LogP) is 3.79. The van der Waals surface area contributed by atoms with Gasteiger partial charge in [-0.1, -0.05) is 44.5 Å². The van der Waals surface area contributed by atoms with Crippen molar-refractivity contribution < 1.29 is 24.5 Å². The van der Waals surface area contributed by atoms with Gasteiger partial charge in [0.25, 0.3) is 0 Å². The lowest BCUT2D eigenvalue weighted by atomic mass is 9.76. The second kappa shape index (κ2) is 9.53. The molecule has 0 amide bonds. The number of rotatable bonds is 10. The number of esters is 1. The maximum atomic E-state index is 12.0. The average molecular weight is 362 g/mol. The molecule has 5 nitrogen and oxygen atoms in total. The Balaban J connectivity index is 2.97. The van der Waals surface area contributed by atoms with E-state index in [1.807, 2.05) is 19.9 Å². The third-order valence-electron chi connectivity index (χ3n) is 4.65. The number of benzene rings is 1. The normalized spacial score (nSPS) is 14.2. The minimum absolute atomic E-state index is 0.0743. The summed E-state index contributed by atoms with van der Waals surface area (Å²) in [6, 6.07) is 7.20. The van der Waals surface area contributed by atoms with Crippen LogP contribution < -0.4 is 0 Å². The maximum absolute atomic E-state index is 12.0. The van der Waals surface area contributed by atoms with Crippen molar-refractivity contribution in [3.05, 3.63) is 41.5 Å². The van der Waals surface area contributed by atoms with Gasteiger partial charge in [-0.3, -0.25) is 4.79 Å². The minimum atomic E-state index is -1.03. The highest BCUT2D eigenvalue weighted by atomic mass is 16.5. The van der Waals surface area contributed by atoms with E-state index in [1.54, 1.807) is 38.1 Å². The Hall–Kier alpha value is -2.14. The number of carboxylic acids is 1. The fourth-order valence-electron chi connectivity index (χ4n) is 2.71. The second-order valence-corrected chi connectivity index (χ2v) is 7.52. The molecule has 0 saturated carbocycles. The molecule has 1 atom stereocenters. The highest BCUT2D eigenvalue weighted by Gasteiger charge is 2.35. The van der Waals surface area contributed by atoms with E-state index < -0.39 is 17.4 Å². The SMILES string of the molecule is CCOC(=O)/C=C/c1cccc(C(C)(CCCC(C)(C)CO)C(=O)O)c1. The first kappa shape index (κ1) is 21.9. The van der Waals surface area contributed by atoms with E-state index in [0.717, 1.165) is 12.0 Å². The van der Waals surface area contributed by atoms with E-state index in [2.05, 4.69) is 0 Å². The number of hydrogen-bond donors (Lipinski definition) is 2. The Labute approximate surface area is 155 Å². The molecule has 0 heterocycles. The number of carbonyl (C=O) groups excluding carboxylic acids is 1. The molecule has 2 N–H and O–H groups in total. The molecule has 5 heteroatoms. The summed E-state index contributed by atoms with van der Waals surface area (Å²) >= 11 is 0.